The summed E-state index contributed by atoms with van der Waals surface area (Å²) in [4.78, 5) is 23.5. The van der Waals surface area contributed by atoms with Crippen molar-refractivity contribution in [2.75, 3.05) is 6.54 Å². The number of fused-ring (bicyclic) bond motifs is 1. The predicted octanol–water partition coefficient (Wildman–Crippen LogP) is 3.91. The molecule has 0 saturated carbocycles. The van der Waals surface area contributed by atoms with E-state index in [4.69, 9.17) is 9.15 Å². The molecule has 0 aliphatic rings. The molecule has 2 amide bonds. The number of carbonyl (C=O) groups is 2. The molecule has 6 heteroatoms. The van der Waals surface area contributed by atoms with Gasteiger partial charge in [-0.25, -0.2) is 4.79 Å². The first-order chi connectivity index (χ1) is 11.7. The van der Waals surface area contributed by atoms with E-state index < -0.39 is 11.7 Å². The highest BCUT2D eigenvalue weighted by molar-refractivity contribution is 5.79. The first-order valence-electron chi connectivity index (χ1n) is 8.49. The van der Waals surface area contributed by atoms with Gasteiger partial charge in [0, 0.05) is 18.4 Å². The molecule has 1 heterocycles. The topological polar surface area (TPSA) is 80.6 Å². The summed E-state index contributed by atoms with van der Waals surface area (Å²) in [7, 11) is 0. The normalized spacial score (nSPS) is 12.6. The first-order valence-corrected chi connectivity index (χ1v) is 8.49. The molecular formula is C19H26N2O4. The van der Waals surface area contributed by atoms with Crippen LogP contribution < -0.4 is 10.6 Å². The van der Waals surface area contributed by atoms with E-state index in [0.29, 0.717) is 19.4 Å². The number of alkyl carbamates (subject to hydrolysis) is 1. The second-order valence-corrected chi connectivity index (χ2v) is 7.01. The average Bonchev–Trinajstić information content (AvgIpc) is 2.94. The molecule has 0 spiro atoms. The van der Waals surface area contributed by atoms with Crippen LogP contribution in [0.1, 0.15) is 52.3 Å². The van der Waals surface area contributed by atoms with Crippen LogP contribution >= 0.6 is 0 Å². The lowest BCUT2D eigenvalue weighted by Gasteiger charge is -2.19. The Morgan fingerprint density at radius 2 is 1.96 bits per heavy atom. The fourth-order valence-electron chi connectivity index (χ4n) is 2.35. The maximum atomic E-state index is 12.0. The molecule has 0 bridgehead atoms. The van der Waals surface area contributed by atoms with Crippen LogP contribution in [0.3, 0.4) is 0 Å². The van der Waals surface area contributed by atoms with Crippen LogP contribution in [0.5, 0.6) is 0 Å². The predicted molar refractivity (Wildman–Crippen MR) is 96.2 cm³/mol. The van der Waals surface area contributed by atoms with Crippen LogP contribution in [0.2, 0.25) is 0 Å². The zero-order chi connectivity index (χ0) is 18.4. The number of amides is 2. The second kappa shape index (κ2) is 8.05. The minimum absolute atomic E-state index is 0.0843. The summed E-state index contributed by atoms with van der Waals surface area (Å²) in [6, 6.07) is 9.46. The summed E-state index contributed by atoms with van der Waals surface area (Å²) >= 11 is 0. The highest BCUT2D eigenvalue weighted by atomic mass is 16.6. The maximum Gasteiger partial charge on any atom is 0.407 e. The Kier molecular flexibility index (Phi) is 6.07. The molecule has 0 saturated heterocycles. The van der Waals surface area contributed by atoms with Gasteiger partial charge in [-0.15, -0.1) is 0 Å². The molecule has 0 aliphatic heterocycles. The highest BCUT2D eigenvalue weighted by Crippen LogP contribution is 2.23. The number of ether oxygens (including phenoxy) is 1. The van der Waals surface area contributed by atoms with Crippen LogP contribution in [0.15, 0.2) is 34.7 Å². The number of hydrogen-bond donors (Lipinski definition) is 2. The summed E-state index contributed by atoms with van der Waals surface area (Å²) in [5, 5.41) is 6.56. The Hall–Kier alpha value is -2.50. The number of carbonyl (C=O) groups excluding carboxylic acids is 2. The number of benzene rings is 1. The number of furan rings is 1. The van der Waals surface area contributed by atoms with Crippen molar-refractivity contribution >= 4 is 23.0 Å². The van der Waals surface area contributed by atoms with Crippen molar-refractivity contribution in [1.29, 1.82) is 0 Å². The van der Waals surface area contributed by atoms with E-state index in [0.717, 1.165) is 16.7 Å². The van der Waals surface area contributed by atoms with Crippen LogP contribution in [0.25, 0.3) is 11.0 Å². The molecule has 0 radical (unpaired) electrons. The van der Waals surface area contributed by atoms with E-state index >= 15 is 0 Å². The van der Waals surface area contributed by atoms with Gasteiger partial charge in [0.15, 0.2) is 0 Å². The molecule has 25 heavy (non-hydrogen) atoms. The molecule has 0 unspecified atom stereocenters. The fraction of sp³-hybridized carbons (Fsp3) is 0.474. The van der Waals surface area contributed by atoms with E-state index in [9.17, 15) is 9.59 Å². The first kappa shape index (κ1) is 18.8. The molecule has 0 aliphatic carbocycles. The van der Waals surface area contributed by atoms with Crippen molar-refractivity contribution in [2.24, 2.45) is 0 Å². The van der Waals surface area contributed by atoms with E-state index in [1.807, 2.05) is 37.3 Å². The lowest BCUT2D eigenvalue weighted by atomic mass is 10.2. The van der Waals surface area contributed by atoms with Crippen molar-refractivity contribution in [2.45, 2.75) is 52.2 Å². The third-order valence-corrected chi connectivity index (χ3v) is 3.50. The number of nitrogens with one attached hydrogen (secondary N) is 2. The minimum Gasteiger partial charge on any atom is -0.459 e. The molecule has 1 atom stereocenters. The van der Waals surface area contributed by atoms with Gasteiger partial charge in [-0.1, -0.05) is 18.2 Å². The summed E-state index contributed by atoms with van der Waals surface area (Å²) in [6.45, 7) is 7.69. The molecule has 2 aromatic rings. The molecule has 2 N–H and O–H groups in total. The Morgan fingerprint density at radius 1 is 1.24 bits per heavy atom. The summed E-state index contributed by atoms with van der Waals surface area (Å²) < 4.78 is 10.9. The third kappa shape index (κ3) is 6.14. The van der Waals surface area contributed by atoms with Gasteiger partial charge in [-0.05, 0) is 46.2 Å². The van der Waals surface area contributed by atoms with Crippen molar-refractivity contribution in [1.82, 2.24) is 10.6 Å². The summed E-state index contributed by atoms with van der Waals surface area (Å²) in [5.41, 5.74) is 0.281. The third-order valence-electron chi connectivity index (χ3n) is 3.50. The molecule has 6 nitrogen and oxygen atoms in total. The van der Waals surface area contributed by atoms with E-state index in [1.165, 1.54) is 0 Å². The largest absolute Gasteiger partial charge is 0.459 e. The van der Waals surface area contributed by atoms with Crippen molar-refractivity contribution in [3.8, 4) is 0 Å². The Balaban J connectivity index is 1.72. The van der Waals surface area contributed by atoms with E-state index in [1.54, 1.807) is 20.8 Å². The maximum absolute atomic E-state index is 12.0. The number of rotatable bonds is 6. The van der Waals surface area contributed by atoms with Gasteiger partial charge in [0.05, 0.1) is 6.04 Å². The van der Waals surface area contributed by atoms with Crippen LogP contribution in [0, 0.1) is 0 Å². The van der Waals surface area contributed by atoms with Gasteiger partial charge in [-0.2, -0.15) is 0 Å². The quantitative estimate of drug-likeness (QED) is 0.777. The van der Waals surface area contributed by atoms with Crippen LogP contribution in [-0.4, -0.2) is 24.1 Å². The van der Waals surface area contributed by atoms with E-state index in [-0.39, 0.29) is 11.9 Å². The fourth-order valence-corrected chi connectivity index (χ4v) is 2.35. The molecule has 1 aromatic carbocycles. The molecule has 0 fully saturated rings. The van der Waals surface area contributed by atoms with Crippen LogP contribution in [0.4, 0.5) is 4.79 Å². The SMILES string of the molecule is C[C@@H](NC(=O)CCCNC(=O)OC(C)(C)C)c1cc2ccccc2o1. The van der Waals surface area contributed by atoms with Crippen molar-refractivity contribution in [3.05, 3.63) is 36.1 Å². The smallest absolute Gasteiger partial charge is 0.407 e. The zero-order valence-corrected chi connectivity index (χ0v) is 15.2. The Morgan fingerprint density at radius 3 is 2.64 bits per heavy atom. The average molecular weight is 346 g/mol. The van der Waals surface area contributed by atoms with Gasteiger partial charge in [0.2, 0.25) is 5.91 Å². The molecule has 1 aromatic heterocycles. The van der Waals surface area contributed by atoms with Gasteiger partial charge < -0.3 is 19.8 Å². The Labute approximate surface area is 147 Å². The van der Waals surface area contributed by atoms with E-state index in [2.05, 4.69) is 10.6 Å². The number of hydrogen-bond acceptors (Lipinski definition) is 4. The standard InChI is InChI=1S/C19H26N2O4/c1-13(16-12-14-8-5-6-9-15(14)24-16)21-17(22)10-7-11-20-18(23)25-19(2,3)4/h5-6,8-9,12-13H,7,10-11H2,1-4H3,(H,20,23)(H,21,22)/t13-/m1/s1. The number of para-hydroxylation sites is 1. The minimum atomic E-state index is -0.524. The highest BCUT2D eigenvalue weighted by Gasteiger charge is 2.16. The molecule has 2 rings (SSSR count). The zero-order valence-electron chi connectivity index (χ0n) is 15.2. The lowest BCUT2D eigenvalue weighted by Crippen LogP contribution is -2.33. The van der Waals surface area contributed by atoms with Gasteiger partial charge in [-0.3, -0.25) is 4.79 Å². The lowest BCUT2D eigenvalue weighted by molar-refractivity contribution is -0.121. The summed E-state index contributed by atoms with van der Waals surface area (Å²) in [6.07, 6.45) is 0.390. The molecule has 136 valence electrons. The Bertz CT molecular complexity index is 697. The van der Waals surface area contributed by atoms with Gasteiger partial charge in [0.25, 0.3) is 0 Å². The van der Waals surface area contributed by atoms with Gasteiger partial charge in [0.1, 0.15) is 16.9 Å². The van der Waals surface area contributed by atoms with Gasteiger partial charge >= 0.3 is 6.09 Å². The monoisotopic (exact) mass is 346 g/mol. The summed E-state index contributed by atoms with van der Waals surface area (Å²) in [5.74, 6) is 0.639. The molecular weight excluding hydrogens is 320 g/mol. The van der Waals surface area contributed by atoms with Crippen molar-refractivity contribution in [3.63, 3.8) is 0 Å². The van der Waals surface area contributed by atoms with Crippen molar-refractivity contribution < 1.29 is 18.7 Å². The second-order valence-electron chi connectivity index (χ2n) is 7.01. The van der Waals surface area contributed by atoms with Crippen LogP contribution in [-0.2, 0) is 9.53 Å².